The lowest BCUT2D eigenvalue weighted by Gasteiger charge is -2.18. The number of ether oxygens (including phenoxy) is 2. The zero-order valence-electron chi connectivity index (χ0n) is 17.3. The summed E-state index contributed by atoms with van der Waals surface area (Å²) in [5.74, 6) is 0.974. The molecule has 0 radical (unpaired) electrons. The van der Waals surface area contributed by atoms with Crippen LogP contribution >= 0.6 is 0 Å². The fourth-order valence-corrected chi connectivity index (χ4v) is 3.55. The van der Waals surface area contributed by atoms with Crippen LogP contribution in [0.15, 0.2) is 67.0 Å². The number of hydrogen-bond donors (Lipinski definition) is 2. The molecule has 2 aromatic carbocycles. The predicted octanol–water partition coefficient (Wildman–Crippen LogP) is 3.98. The molecule has 8 heteroatoms. The molecule has 1 aliphatic heterocycles. The molecule has 0 saturated heterocycles. The van der Waals surface area contributed by atoms with Crippen molar-refractivity contribution >= 4 is 28.8 Å². The number of amides is 2. The molecule has 0 bridgehead atoms. The van der Waals surface area contributed by atoms with Crippen LogP contribution in [0.1, 0.15) is 17.3 Å². The van der Waals surface area contributed by atoms with Gasteiger partial charge in [0.15, 0.2) is 11.5 Å². The maximum atomic E-state index is 12.7. The zero-order valence-corrected chi connectivity index (χ0v) is 17.3. The number of carbonyl (C=O) groups is 2. The summed E-state index contributed by atoms with van der Waals surface area (Å²) in [6.45, 7) is 2.50. The lowest BCUT2D eigenvalue weighted by molar-refractivity contribution is -0.114. The van der Waals surface area contributed by atoms with Gasteiger partial charge < -0.3 is 24.5 Å². The summed E-state index contributed by atoms with van der Waals surface area (Å²) in [5.41, 5.74) is 4.09. The molecule has 2 N–H and O–H groups in total. The molecular weight excluding hydrogens is 408 g/mol. The molecule has 0 unspecified atom stereocenters. The van der Waals surface area contributed by atoms with Crippen LogP contribution in [0.4, 0.5) is 11.4 Å². The number of pyridine rings is 1. The van der Waals surface area contributed by atoms with Crippen LogP contribution in [0.2, 0.25) is 0 Å². The van der Waals surface area contributed by atoms with E-state index >= 15 is 0 Å². The van der Waals surface area contributed by atoms with Gasteiger partial charge in [0.25, 0.3) is 5.91 Å². The first kappa shape index (κ1) is 19.6. The number of fused-ring (bicyclic) bond motifs is 2. The molecule has 2 amide bonds. The summed E-state index contributed by atoms with van der Waals surface area (Å²) in [6.07, 6.45) is 3.70. The second kappa shape index (κ2) is 8.07. The number of rotatable bonds is 4. The van der Waals surface area contributed by atoms with Crippen LogP contribution in [0.25, 0.3) is 16.9 Å². The fourth-order valence-electron chi connectivity index (χ4n) is 3.55. The molecule has 0 atom stereocenters. The predicted molar refractivity (Wildman–Crippen MR) is 120 cm³/mol. The molecule has 4 aromatic rings. The van der Waals surface area contributed by atoms with Gasteiger partial charge in [0.1, 0.15) is 18.9 Å². The number of nitrogens with zero attached hydrogens (tertiary/aromatic N) is 2. The first-order chi connectivity index (χ1) is 15.5. The van der Waals surface area contributed by atoms with Gasteiger partial charge >= 0.3 is 0 Å². The maximum Gasteiger partial charge on any atom is 0.255 e. The van der Waals surface area contributed by atoms with E-state index in [-0.39, 0.29) is 11.8 Å². The van der Waals surface area contributed by atoms with E-state index < -0.39 is 0 Å². The van der Waals surface area contributed by atoms with E-state index in [9.17, 15) is 9.59 Å². The van der Waals surface area contributed by atoms with Crippen molar-refractivity contribution in [2.75, 3.05) is 23.8 Å². The standard InChI is InChI=1S/C24H20N4O4/c1-15(29)25-18-4-2-3-17(11-18)24(30)26-19-6-8-23-27-20(14-28(23)13-19)16-5-7-21-22(12-16)32-10-9-31-21/h2-8,11-14H,9-10H2,1H3,(H,25,29)(H,26,30). The summed E-state index contributed by atoms with van der Waals surface area (Å²) in [4.78, 5) is 28.6. The molecule has 0 aliphatic carbocycles. The van der Waals surface area contributed by atoms with Crippen molar-refractivity contribution < 1.29 is 19.1 Å². The largest absolute Gasteiger partial charge is 0.486 e. The second-order valence-electron chi connectivity index (χ2n) is 7.38. The summed E-state index contributed by atoms with van der Waals surface area (Å²) in [7, 11) is 0. The van der Waals surface area contributed by atoms with E-state index in [2.05, 4.69) is 15.6 Å². The van der Waals surface area contributed by atoms with Crippen LogP contribution in [0.5, 0.6) is 11.5 Å². The third-order valence-electron chi connectivity index (χ3n) is 4.99. The lowest BCUT2D eigenvalue weighted by Crippen LogP contribution is -2.15. The highest BCUT2D eigenvalue weighted by Crippen LogP contribution is 2.34. The highest BCUT2D eigenvalue weighted by molar-refractivity contribution is 6.05. The third-order valence-corrected chi connectivity index (χ3v) is 4.99. The van der Waals surface area contributed by atoms with Crippen LogP contribution in [-0.2, 0) is 4.79 Å². The molecule has 8 nitrogen and oxygen atoms in total. The Balaban J connectivity index is 1.37. The Morgan fingerprint density at radius 3 is 2.59 bits per heavy atom. The Morgan fingerprint density at radius 2 is 1.75 bits per heavy atom. The number of aromatic nitrogens is 2. The number of hydrogen-bond acceptors (Lipinski definition) is 5. The van der Waals surface area contributed by atoms with Crippen molar-refractivity contribution in [3.05, 3.63) is 72.6 Å². The van der Waals surface area contributed by atoms with Crippen LogP contribution in [-0.4, -0.2) is 34.4 Å². The van der Waals surface area contributed by atoms with Gasteiger partial charge in [-0.05, 0) is 48.5 Å². The molecule has 3 heterocycles. The first-order valence-corrected chi connectivity index (χ1v) is 10.1. The first-order valence-electron chi connectivity index (χ1n) is 10.1. The van der Waals surface area contributed by atoms with Crippen LogP contribution in [0.3, 0.4) is 0 Å². The van der Waals surface area contributed by atoms with Gasteiger partial charge in [-0.1, -0.05) is 6.07 Å². The van der Waals surface area contributed by atoms with E-state index in [0.717, 1.165) is 22.7 Å². The van der Waals surface area contributed by atoms with Gasteiger partial charge in [0.2, 0.25) is 5.91 Å². The Bertz CT molecular complexity index is 1350. The van der Waals surface area contributed by atoms with Gasteiger partial charge in [0, 0.05) is 36.1 Å². The van der Waals surface area contributed by atoms with Crippen molar-refractivity contribution in [1.29, 1.82) is 0 Å². The third kappa shape index (κ3) is 3.98. The molecule has 0 spiro atoms. The van der Waals surface area contributed by atoms with Crippen molar-refractivity contribution in [1.82, 2.24) is 9.38 Å². The van der Waals surface area contributed by atoms with Crippen molar-refractivity contribution in [2.24, 2.45) is 0 Å². The number of benzene rings is 2. The second-order valence-corrected chi connectivity index (χ2v) is 7.38. The summed E-state index contributed by atoms with van der Waals surface area (Å²) < 4.78 is 13.1. The number of imidazole rings is 1. The molecule has 160 valence electrons. The average molecular weight is 428 g/mol. The smallest absolute Gasteiger partial charge is 0.255 e. The summed E-state index contributed by atoms with van der Waals surface area (Å²) >= 11 is 0. The molecule has 5 rings (SSSR count). The van der Waals surface area contributed by atoms with Crippen molar-refractivity contribution in [2.45, 2.75) is 6.92 Å². The van der Waals surface area contributed by atoms with Crippen molar-refractivity contribution in [3.8, 4) is 22.8 Å². The quantitative estimate of drug-likeness (QED) is 0.513. The maximum absolute atomic E-state index is 12.7. The van der Waals surface area contributed by atoms with E-state index in [4.69, 9.17) is 9.47 Å². The van der Waals surface area contributed by atoms with E-state index in [0.29, 0.717) is 35.9 Å². The summed E-state index contributed by atoms with van der Waals surface area (Å²) in [6, 6.07) is 16.2. The van der Waals surface area contributed by atoms with Gasteiger partial charge in [0.05, 0.1) is 11.4 Å². The highest BCUT2D eigenvalue weighted by atomic mass is 16.6. The summed E-state index contributed by atoms with van der Waals surface area (Å²) in [5, 5.41) is 5.56. The van der Waals surface area contributed by atoms with E-state index in [1.165, 1.54) is 6.92 Å². The Morgan fingerprint density at radius 1 is 0.906 bits per heavy atom. The van der Waals surface area contributed by atoms with Crippen molar-refractivity contribution in [3.63, 3.8) is 0 Å². The van der Waals surface area contributed by atoms with Gasteiger partial charge in [-0.15, -0.1) is 0 Å². The minimum absolute atomic E-state index is 0.193. The number of nitrogens with one attached hydrogen (secondary N) is 2. The monoisotopic (exact) mass is 428 g/mol. The number of anilines is 2. The number of carbonyl (C=O) groups excluding carboxylic acids is 2. The van der Waals surface area contributed by atoms with Crippen LogP contribution in [0, 0.1) is 0 Å². The molecule has 0 saturated carbocycles. The topological polar surface area (TPSA) is 94.0 Å². The van der Waals surface area contributed by atoms with Gasteiger partial charge in [-0.25, -0.2) is 4.98 Å². The van der Waals surface area contributed by atoms with Gasteiger partial charge in [-0.2, -0.15) is 0 Å². The van der Waals surface area contributed by atoms with Crippen LogP contribution < -0.4 is 20.1 Å². The minimum Gasteiger partial charge on any atom is -0.486 e. The molecule has 1 aliphatic rings. The molecule has 0 fully saturated rings. The zero-order chi connectivity index (χ0) is 22.1. The fraction of sp³-hybridized carbons (Fsp3) is 0.125. The Labute approximate surface area is 183 Å². The minimum atomic E-state index is -0.274. The highest BCUT2D eigenvalue weighted by Gasteiger charge is 2.14. The van der Waals surface area contributed by atoms with Gasteiger partial charge in [-0.3, -0.25) is 9.59 Å². The normalized spacial score (nSPS) is 12.4. The molecule has 32 heavy (non-hydrogen) atoms. The SMILES string of the molecule is CC(=O)Nc1cccc(C(=O)Nc2ccc3nc(-c4ccc5c(c4)OCCO5)cn3c2)c1. The molecular formula is C24H20N4O4. The lowest BCUT2D eigenvalue weighted by atomic mass is 10.1. The average Bonchev–Trinajstić information content (AvgIpc) is 3.22. The van der Waals surface area contributed by atoms with E-state index in [1.54, 1.807) is 36.5 Å². The Hall–Kier alpha value is -4.33. The van der Waals surface area contributed by atoms with E-state index in [1.807, 2.05) is 34.9 Å². The Kier molecular flexibility index (Phi) is 4.95. The molecule has 2 aromatic heterocycles.